The molecule has 39 heavy (non-hydrogen) atoms. The van der Waals surface area contributed by atoms with E-state index in [1.54, 1.807) is 17.0 Å². The van der Waals surface area contributed by atoms with E-state index in [0.717, 1.165) is 36.9 Å². The van der Waals surface area contributed by atoms with Crippen molar-refractivity contribution in [2.24, 2.45) is 5.92 Å². The Bertz CT molecular complexity index is 1190. The molecule has 3 fully saturated rings. The van der Waals surface area contributed by atoms with Gasteiger partial charge in [0.1, 0.15) is 12.1 Å². The number of anilines is 1. The number of nitrogens with one attached hydrogen (secondary N) is 1. The smallest absolute Gasteiger partial charge is 0.250 e. The quantitative estimate of drug-likeness (QED) is 0.514. The molecule has 9 heteroatoms. The van der Waals surface area contributed by atoms with E-state index >= 15 is 0 Å². The first-order valence-electron chi connectivity index (χ1n) is 14.0. The van der Waals surface area contributed by atoms with Crippen molar-refractivity contribution in [2.75, 3.05) is 37.7 Å². The standard InChI is InChI=1S/C30H36Cl2N4O3/c31-24-12-11-22(26(32)19-24)13-16-33-27(37)20-35-21-36(25-9-5-2-6-10-25)30(29(35)39)14-17-34(18-15-30)28(38)23-7-3-1-4-8-23/h2,5-6,9-12,19,23H,1,3-4,7-8,13-18,20-21H2,(H,33,37). The molecule has 3 amide bonds. The number of halogens is 2. The van der Waals surface area contributed by atoms with E-state index in [9.17, 15) is 14.4 Å². The number of para-hydroxylation sites is 1. The van der Waals surface area contributed by atoms with Gasteiger partial charge in [0.25, 0.3) is 5.91 Å². The van der Waals surface area contributed by atoms with Crippen LogP contribution in [-0.2, 0) is 20.8 Å². The molecule has 0 bridgehead atoms. The lowest BCUT2D eigenvalue weighted by atomic mass is 9.83. The third-order valence-electron chi connectivity index (χ3n) is 8.50. The number of amides is 3. The van der Waals surface area contributed by atoms with Gasteiger partial charge in [-0.25, -0.2) is 0 Å². The number of carbonyl (C=O) groups excluding carboxylic acids is 3. The lowest BCUT2D eigenvalue weighted by molar-refractivity contribution is -0.142. The molecule has 2 aliphatic heterocycles. The van der Waals surface area contributed by atoms with Gasteiger partial charge in [-0.2, -0.15) is 0 Å². The zero-order valence-corrected chi connectivity index (χ0v) is 23.7. The number of hydrogen-bond acceptors (Lipinski definition) is 4. The number of rotatable bonds is 7. The first-order valence-corrected chi connectivity index (χ1v) is 14.7. The summed E-state index contributed by atoms with van der Waals surface area (Å²) in [6.07, 6.45) is 7.10. The second-order valence-corrected chi connectivity index (χ2v) is 11.8. The Morgan fingerprint density at radius 2 is 1.69 bits per heavy atom. The SMILES string of the molecule is O=C(CN1CN(c2ccccc2)C2(CCN(C(=O)C3CCCCC3)CC2)C1=O)NCCc1ccc(Cl)cc1Cl. The molecule has 1 aliphatic carbocycles. The Morgan fingerprint density at radius 1 is 0.974 bits per heavy atom. The Kier molecular flexibility index (Phi) is 8.67. The summed E-state index contributed by atoms with van der Waals surface area (Å²) in [6.45, 7) is 1.87. The number of hydrogen-bond donors (Lipinski definition) is 1. The van der Waals surface area contributed by atoms with E-state index in [-0.39, 0.29) is 30.2 Å². The summed E-state index contributed by atoms with van der Waals surface area (Å²) in [5.74, 6) is 0.133. The molecule has 1 saturated carbocycles. The Hall–Kier alpha value is -2.77. The van der Waals surface area contributed by atoms with Crippen molar-refractivity contribution in [3.63, 3.8) is 0 Å². The highest BCUT2D eigenvalue weighted by molar-refractivity contribution is 6.35. The van der Waals surface area contributed by atoms with Gasteiger partial charge in [0.2, 0.25) is 11.8 Å². The second-order valence-electron chi connectivity index (χ2n) is 10.9. The van der Waals surface area contributed by atoms with Crippen LogP contribution in [0.15, 0.2) is 48.5 Å². The highest BCUT2D eigenvalue weighted by Crippen LogP contribution is 2.40. The van der Waals surface area contributed by atoms with Crippen LogP contribution in [-0.4, -0.2) is 65.9 Å². The Labute approximate surface area is 240 Å². The molecule has 2 saturated heterocycles. The van der Waals surface area contributed by atoms with Gasteiger partial charge in [-0.1, -0.05) is 66.7 Å². The van der Waals surface area contributed by atoms with Crippen LogP contribution in [0.3, 0.4) is 0 Å². The molecule has 0 radical (unpaired) electrons. The molecule has 5 rings (SSSR count). The lowest BCUT2D eigenvalue weighted by Gasteiger charge is -2.44. The molecule has 2 aromatic rings. The van der Waals surface area contributed by atoms with Crippen molar-refractivity contribution in [1.29, 1.82) is 0 Å². The van der Waals surface area contributed by atoms with Gasteiger partial charge in [0.15, 0.2) is 0 Å². The molecule has 208 valence electrons. The summed E-state index contributed by atoms with van der Waals surface area (Å²) >= 11 is 12.2. The van der Waals surface area contributed by atoms with E-state index < -0.39 is 5.54 Å². The van der Waals surface area contributed by atoms with E-state index in [4.69, 9.17) is 23.2 Å². The van der Waals surface area contributed by atoms with Gasteiger partial charge in [-0.05, 0) is 61.9 Å². The largest absolute Gasteiger partial charge is 0.354 e. The van der Waals surface area contributed by atoms with Crippen molar-refractivity contribution in [3.05, 3.63) is 64.1 Å². The maximum Gasteiger partial charge on any atom is 0.250 e. The molecule has 1 spiro atoms. The van der Waals surface area contributed by atoms with Crippen molar-refractivity contribution >= 4 is 46.6 Å². The Morgan fingerprint density at radius 3 is 2.38 bits per heavy atom. The number of piperidine rings is 1. The van der Waals surface area contributed by atoms with E-state index in [0.29, 0.717) is 55.6 Å². The molecule has 0 unspecified atom stereocenters. The molecule has 3 aliphatic rings. The fourth-order valence-corrected chi connectivity index (χ4v) is 6.82. The maximum atomic E-state index is 13.9. The van der Waals surface area contributed by atoms with Gasteiger partial charge in [-0.3, -0.25) is 14.4 Å². The third-order valence-corrected chi connectivity index (χ3v) is 9.09. The molecule has 2 aromatic carbocycles. The average molecular weight is 572 g/mol. The van der Waals surface area contributed by atoms with Gasteiger partial charge in [-0.15, -0.1) is 0 Å². The van der Waals surface area contributed by atoms with E-state index in [1.807, 2.05) is 41.3 Å². The lowest BCUT2D eigenvalue weighted by Crippen LogP contribution is -2.58. The second kappa shape index (κ2) is 12.2. The van der Waals surface area contributed by atoms with Crippen LogP contribution in [0.4, 0.5) is 5.69 Å². The maximum absolute atomic E-state index is 13.9. The van der Waals surface area contributed by atoms with Crippen LogP contribution < -0.4 is 10.2 Å². The average Bonchev–Trinajstić information content (AvgIpc) is 3.21. The van der Waals surface area contributed by atoms with Crippen LogP contribution in [0.5, 0.6) is 0 Å². The molecule has 7 nitrogen and oxygen atoms in total. The van der Waals surface area contributed by atoms with Gasteiger partial charge in [0, 0.05) is 41.3 Å². The summed E-state index contributed by atoms with van der Waals surface area (Å²) in [4.78, 5) is 45.7. The molecule has 1 N–H and O–H groups in total. The summed E-state index contributed by atoms with van der Waals surface area (Å²) in [7, 11) is 0. The predicted molar refractivity (Wildman–Crippen MR) is 154 cm³/mol. The normalized spacial score (nSPS) is 19.5. The highest BCUT2D eigenvalue weighted by atomic mass is 35.5. The summed E-state index contributed by atoms with van der Waals surface area (Å²) in [5.41, 5.74) is 1.11. The minimum atomic E-state index is -0.748. The first-order chi connectivity index (χ1) is 18.9. The topological polar surface area (TPSA) is 73.0 Å². The van der Waals surface area contributed by atoms with Crippen molar-refractivity contribution in [1.82, 2.24) is 15.1 Å². The molecule has 0 aromatic heterocycles. The Balaban J connectivity index is 1.23. The van der Waals surface area contributed by atoms with Crippen LogP contribution >= 0.6 is 23.2 Å². The van der Waals surface area contributed by atoms with Crippen LogP contribution in [0.25, 0.3) is 0 Å². The van der Waals surface area contributed by atoms with Crippen LogP contribution in [0.1, 0.15) is 50.5 Å². The molecule has 2 heterocycles. The number of carbonyl (C=O) groups is 3. The number of nitrogens with zero attached hydrogens (tertiary/aromatic N) is 3. The minimum absolute atomic E-state index is 0.0109. The van der Waals surface area contributed by atoms with Gasteiger partial charge >= 0.3 is 0 Å². The number of benzene rings is 2. The third kappa shape index (κ3) is 6.04. The van der Waals surface area contributed by atoms with Crippen molar-refractivity contribution < 1.29 is 14.4 Å². The van der Waals surface area contributed by atoms with Crippen molar-refractivity contribution in [3.8, 4) is 0 Å². The molecule has 0 atom stereocenters. The zero-order chi connectivity index (χ0) is 27.4. The summed E-state index contributed by atoms with van der Waals surface area (Å²) in [6, 6.07) is 15.2. The van der Waals surface area contributed by atoms with E-state index in [1.165, 1.54) is 6.42 Å². The zero-order valence-electron chi connectivity index (χ0n) is 22.2. The fraction of sp³-hybridized carbons (Fsp3) is 0.500. The van der Waals surface area contributed by atoms with Gasteiger partial charge in [0.05, 0.1) is 6.67 Å². The first kappa shape index (κ1) is 27.8. The fourth-order valence-electron chi connectivity index (χ4n) is 6.32. The summed E-state index contributed by atoms with van der Waals surface area (Å²) < 4.78 is 0. The van der Waals surface area contributed by atoms with Crippen LogP contribution in [0.2, 0.25) is 10.0 Å². The monoisotopic (exact) mass is 570 g/mol. The summed E-state index contributed by atoms with van der Waals surface area (Å²) in [5, 5.41) is 4.07. The predicted octanol–water partition coefficient (Wildman–Crippen LogP) is 4.90. The van der Waals surface area contributed by atoms with Crippen LogP contribution in [0, 0.1) is 5.92 Å². The molecular weight excluding hydrogens is 535 g/mol. The minimum Gasteiger partial charge on any atom is -0.354 e. The number of likely N-dealkylation sites (tertiary alicyclic amines) is 1. The van der Waals surface area contributed by atoms with Crippen molar-refractivity contribution in [2.45, 2.75) is 56.9 Å². The molecular formula is C30H36Cl2N4O3. The van der Waals surface area contributed by atoms with E-state index in [2.05, 4.69) is 10.2 Å². The van der Waals surface area contributed by atoms with Gasteiger partial charge < -0.3 is 20.0 Å². The highest BCUT2D eigenvalue weighted by Gasteiger charge is 2.54.